The lowest BCUT2D eigenvalue weighted by Crippen LogP contribution is -2.15. The van der Waals surface area contributed by atoms with Crippen molar-refractivity contribution in [3.63, 3.8) is 0 Å². The van der Waals surface area contributed by atoms with Crippen LogP contribution in [0.1, 0.15) is 36.8 Å². The van der Waals surface area contributed by atoms with Gasteiger partial charge in [-0.3, -0.25) is 9.89 Å². The maximum atomic E-state index is 12.0. The first-order valence-corrected chi connectivity index (χ1v) is 8.92. The third-order valence-electron chi connectivity index (χ3n) is 2.99. The summed E-state index contributed by atoms with van der Waals surface area (Å²) < 4.78 is 1.36. The van der Waals surface area contributed by atoms with Gasteiger partial charge in [0.25, 0.3) is 5.56 Å². The molecule has 0 radical (unpaired) electrons. The lowest BCUT2D eigenvalue weighted by Gasteiger charge is -1.97. The molecule has 0 atom stereocenters. The van der Waals surface area contributed by atoms with Crippen LogP contribution in [0.25, 0.3) is 4.96 Å². The van der Waals surface area contributed by atoms with E-state index in [1.54, 1.807) is 0 Å². The van der Waals surface area contributed by atoms with E-state index in [-0.39, 0.29) is 5.56 Å². The highest BCUT2D eigenvalue weighted by Gasteiger charge is 2.10. The molecule has 3 aromatic heterocycles. The van der Waals surface area contributed by atoms with Crippen LogP contribution < -0.4 is 5.56 Å². The molecule has 22 heavy (non-hydrogen) atoms. The molecule has 0 aromatic carbocycles. The molecule has 0 saturated carbocycles. The Kier molecular flexibility index (Phi) is 4.53. The molecular weight excluding hydrogens is 320 g/mol. The van der Waals surface area contributed by atoms with Crippen molar-refractivity contribution in [1.82, 2.24) is 29.8 Å². The quantitative estimate of drug-likeness (QED) is 0.693. The minimum atomic E-state index is -0.141. The molecule has 0 fully saturated rings. The second kappa shape index (κ2) is 6.57. The van der Waals surface area contributed by atoms with E-state index in [0.717, 1.165) is 35.8 Å². The Bertz CT molecular complexity index is 837. The number of rotatable bonds is 6. The Labute approximate surface area is 135 Å². The van der Waals surface area contributed by atoms with Crippen molar-refractivity contribution in [3.05, 3.63) is 32.9 Å². The number of nitrogens with zero attached hydrogens (tertiary/aromatic N) is 5. The van der Waals surface area contributed by atoms with Crippen molar-refractivity contribution in [2.75, 3.05) is 0 Å². The summed E-state index contributed by atoms with van der Waals surface area (Å²) in [6, 6.07) is 1.53. The number of H-pyrrole nitrogens is 1. The van der Waals surface area contributed by atoms with Crippen LogP contribution in [0, 0.1) is 0 Å². The van der Waals surface area contributed by atoms with E-state index in [1.807, 2.05) is 6.92 Å². The van der Waals surface area contributed by atoms with E-state index in [2.05, 4.69) is 32.2 Å². The Morgan fingerprint density at radius 1 is 1.36 bits per heavy atom. The lowest BCUT2D eigenvalue weighted by atomic mass is 10.3. The van der Waals surface area contributed by atoms with Gasteiger partial charge in [-0.05, 0) is 12.8 Å². The van der Waals surface area contributed by atoms with Crippen molar-refractivity contribution >= 4 is 28.1 Å². The first-order chi connectivity index (χ1) is 10.7. The molecular formula is C13H16N6OS2. The molecule has 0 bridgehead atoms. The highest BCUT2D eigenvalue weighted by atomic mass is 32.2. The van der Waals surface area contributed by atoms with E-state index in [0.29, 0.717) is 15.9 Å². The standard InChI is InChI=1S/C13H16N6OS2/c1-3-5-9-15-12(17-16-9)21-7-8-6-11(20)19-13(14-8)22-10(4-2)18-19/h6H,3-5,7H2,1-2H3,(H,15,16,17). The number of aromatic nitrogens is 6. The van der Waals surface area contributed by atoms with E-state index in [9.17, 15) is 4.79 Å². The molecule has 3 aromatic rings. The van der Waals surface area contributed by atoms with Gasteiger partial charge in [0.2, 0.25) is 10.1 Å². The topological polar surface area (TPSA) is 88.8 Å². The number of hydrogen-bond acceptors (Lipinski definition) is 7. The molecule has 0 aliphatic carbocycles. The molecule has 0 aliphatic rings. The number of thioether (sulfide) groups is 1. The lowest BCUT2D eigenvalue weighted by molar-refractivity contribution is 0.840. The minimum absolute atomic E-state index is 0.141. The molecule has 0 unspecified atom stereocenters. The zero-order valence-electron chi connectivity index (χ0n) is 12.4. The number of aromatic amines is 1. The SMILES string of the molecule is CCCc1nc(SCc2cc(=O)n3nc(CC)sc3n2)n[nH]1. The summed E-state index contributed by atoms with van der Waals surface area (Å²) in [6.45, 7) is 4.11. The van der Waals surface area contributed by atoms with Crippen molar-refractivity contribution in [2.45, 2.75) is 44.0 Å². The zero-order chi connectivity index (χ0) is 15.5. The van der Waals surface area contributed by atoms with Gasteiger partial charge in [-0.25, -0.2) is 9.97 Å². The van der Waals surface area contributed by atoms with Crippen LogP contribution in [-0.2, 0) is 18.6 Å². The summed E-state index contributed by atoms with van der Waals surface area (Å²) in [7, 11) is 0. The minimum Gasteiger partial charge on any atom is -0.267 e. The molecule has 116 valence electrons. The molecule has 0 spiro atoms. The van der Waals surface area contributed by atoms with Gasteiger partial charge in [-0.2, -0.15) is 9.61 Å². The van der Waals surface area contributed by atoms with Gasteiger partial charge < -0.3 is 0 Å². The van der Waals surface area contributed by atoms with Crippen molar-refractivity contribution in [3.8, 4) is 0 Å². The van der Waals surface area contributed by atoms with Crippen molar-refractivity contribution < 1.29 is 0 Å². The number of fused-ring (bicyclic) bond motifs is 1. The van der Waals surface area contributed by atoms with E-state index in [1.165, 1.54) is 33.7 Å². The number of nitrogens with one attached hydrogen (secondary N) is 1. The summed E-state index contributed by atoms with van der Waals surface area (Å²) in [5, 5.41) is 12.9. The summed E-state index contributed by atoms with van der Waals surface area (Å²) in [6.07, 6.45) is 2.72. The summed E-state index contributed by atoms with van der Waals surface area (Å²) in [5.74, 6) is 1.46. The zero-order valence-corrected chi connectivity index (χ0v) is 14.0. The monoisotopic (exact) mass is 336 g/mol. The van der Waals surface area contributed by atoms with Crippen LogP contribution in [0.5, 0.6) is 0 Å². The average Bonchev–Trinajstić information content (AvgIpc) is 3.12. The van der Waals surface area contributed by atoms with Crippen LogP contribution in [0.15, 0.2) is 16.0 Å². The molecule has 3 heterocycles. The van der Waals surface area contributed by atoms with E-state index < -0.39 is 0 Å². The van der Waals surface area contributed by atoms with Gasteiger partial charge in [0.1, 0.15) is 10.8 Å². The molecule has 3 rings (SSSR count). The second-order valence-corrected chi connectivity index (χ2v) is 6.72. The Morgan fingerprint density at radius 3 is 3.00 bits per heavy atom. The third kappa shape index (κ3) is 3.20. The molecule has 9 heteroatoms. The number of aryl methyl sites for hydroxylation is 2. The van der Waals surface area contributed by atoms with Gasteiger partial charge in [-0.1, -0.05) is 36.9 Å². The summed E-state index contributed by atoms with van der Waals surface area (Å²) in [4.78, 5) is 21.6. The molecule has 0 amide bonds. The Balaban J connectivity index is 1.77. The molecule has 7 nitrogen and oxygen atoms in total. The predicted octanol–water partition coefficient (Wildman–Crippen LogP) is 2.08. The number of hydrogen-bond donors (Lipinski definition) is 1. The van der Waals surface area contributed by atoms with Crippen LogP contribution in [0.4, 0.5) is 0 Å². The summed E-state index contributed by atoms with van der Waals surface area (Å²) >= 11 is 2.92. The first kappa shape index (κ1) is 15.2. The largest absolute Gasteiger partial charge is 0.275 e. The van der Waals surface area contributed by atoms with Crippen LogP contribution >= 0.6 is 23.1 Å². The van der Waals surface area contributed by atoms with Crippen LogP contribution in [-0.4, -0.2) is 29.8 Å². The van der Waals surface area contributed by atoms with Crippen LogP contribution in [0.3, 0.4) is 0 Å². The highest BCUT2D eigenvalue weighted by molar-refractivity contribution is 7.98. The van der Waals surface area contributed by atoms with Gasteiger partial charge in [0.15, 0.2) is 0 Å². The normalized spacial score (nSPS) is 11.4. The smallest absolute Gasteiger partial charge is 0.267 e. The van der Waals surface area contributed by atoms with Gasteiger partial charge in [-0.15, -0.1) is 5.10 Å². The molecule has 1 N–H and O–H groups in total. The third-order valence-corrected chi connectivity index (χ3v) is 4.92. The Hall–Kier alpha value is -1.74. The van der Waals surface area contributed by atoms with Gasteiger partial charge >= 0.3 is 0 Å². The molecule has 0 saturated heterocycles. The van der Waals surface area contributed by atoms with E-state index in [4.69, 9.17) is 0 Å². The maximum absolute atomic E-state index is 12.0. The van der Waals surface area contributed by atoms with Gasteiger partial charge in [0, 0.05) is 18.2 Å². The first-order valence-electron chi connectivity index (χ1n) is 7.12. The fraction of sp³-hybridized carbons (Fsp3) is 0.462. The maximum Gasteiger partial charge on any atom is 0.275 e. The summed E-state index contributed by atoms with van der Waals surface area (Å²) in [5.41, 5.74) is 0.585. The predicted molar refractivity (Wildman–Crippen MR) is 86.5 cm³/mol. The van der Waals surface area contributed by atoms with E-state index >= 15 is 0 Å². The Morgan fingerprint density at radius 2 is 2.23 bits per heavy atom. The second-order valence-electron chi connectivity index (χ2n) is 4.73. The van der Waals surface area contributed by atoms with Gasteiger partial charge in [0.05, 0.1) is 5.69 Å². The molecule has 0 aliphatic heterocycles. The fourth-order valence-corrected chi connectivity index (χ4v) is 3.51. The van der Waals surface area contributed by atoms with Crippen molar-refractivity contribution in [2.24, 2.45) is 0 Å². The fourth-order valence-electron chi connectivity index (χ4n) is 1.94. The van der Waals surface area contributed by atoms with Crippen molar-refractivity contribution in [1.29, 1.82) is 0 Å². The highest BCUT2D eigenvalue weighted by Crippen LogP contribution is 2.19. The van der Waals surface area contributed by atoms with Crippen LogP contribution in [0.2, 0.25) is 0 Å². The average molecular weight is 336 g/mol.